The van der Waals surface area contributed by atoms with E-state index in [-0.39, 0.29) is 29.8 Å². The van der Waals surface area contributed by atoms with Gasteiger partial charge in [0.05, 0.1) is 17.3 Å². The van der Waals surface area contributed by atoms with Crippen molar-refractivity contribution in [2.24, 2.45) is 0 Å². The zero-order valence-corrected chi connectivity index (χ0v) is 13.5. The Morgan fingerprint density at radius 3 is 2.65 bits per heavy atom. The molecule has 8 heteroatoms. The van der Waals surface area contributed by atoms with Crippen LogP contribution in [0.5, 0.6) is 0 Å². The second kappa shape index (κ2) is 6.29. The molecular weight excluding hydrogens is 300 g/mol. The second-order valence-corrected chi connectivity index (χ2v) is 10.1. The summed E-state index contributed by atoms with van der Waals surface area (Å²) >= 11 is 0. The highest BCUT2D eigenvalue weighted by molar-refractivity contribution is 7.92. The van der Waals surface area contributed by atoms with Crippen LogP contribution in [0.1, 0.15) is 32.6 Å². The number of hydrogen-bond acceptors (Lipinski definition) is 5. The van der Waals surface area contributed by atoms with Crippen molar-refractivity contribution in [1.82, 2.24) is 9.62 Å². The standard InChI is InChI=1S/C12H24N2O4S2/c1-11-10-19(15,16)9-7-14(11)20(17,18)8-5-12-4-2-3-6-13-12/h11-13H,2-10H2,1H3. The van der Waals surface area contributed by atoms with Crippen molar-refractivity contribution in [2.45, 2.75) is 44.7 Å². The third-order valence-corrected chi connectivity index (χ3v) is 7.91. The molecule has 1 N–H and O–H groups in total. The predicted molar refractivity (Wildman–Crippen MR) is 78.9 cm³/mol. The number of nitrogens with zero attached hydrogens (tertiary/aromatic N) is 1. The van der Waals surface area contributed by atoms with E-state index in [1.54, 1.807) is 6.92 Å². The van der Waals surface area contributed by atoms with Gasteiger partial charge in [0, 0.05) is 18.6 Å². The Hall–Kier alpha value is -0.180. The molecule has 6 nitrogen and oxygen atoms in total. The van der Waals surface area contributed by atoms with Crippen LogP contribution in [0.15, 0.2) is 0 Å². The summed E-state index contributed by atoms with van der Waals surface area (Å²) in [6.07, 6.45) is 3.94. The molecule has 0 radical (unpaired) electrons. The van der Waals surface area contributed by atoms with Crippen molar-refractivity contribution in [3.8, 4) is 0 Å². The Bertz CT molecular complexity index is 524. The number of piperidine rings is 1. The highest BCUT2D eigenvalue weighted by Crippen LogP contribution is 2.18. The fraction of sp³-hybridized carbons (Fsp3) is 1.00. The van der Waals surface area contributed by atoms with E-state index in [2.05, 4.69) is 5.32 Å². The second-order valence-electron chi connectivity index (χ2n) is 5.83. The quantitative estimate of drug-likeness (QED) is 0.785. The minimum Gasteiger partial charge on any atom is -0.314 e. The topological polar surface area (TPSA) is 83.6 Å². The monoisotopic (exact) mass is 324 g/mol. The Morgan fingerprint density at radius 2 is 2.05 bits per heavy atom. The molecule has 0 aliphatic carbocycles. The van der Waals surface area contributed by atoms with Crippen LogP contribution < -0.4 is 5.32 Å². The Balaban J connectivity index is 1.92. The number of hydrogen-bond donors (Lipinski definition) is 1. The van der Waals surface area contributed by atoms with Crippen LogP contribution in [-0.4, -0.2) is 63.6 Å². The molecule has 0 saturated carbocycles. The van der Waals surface area contributed by atoms with Gasteiger partial charge in [0.2, 0.25) is 10.0 Å². The Morgan fingerprint density at radius 1 is 1.30 bits per heavy atom. The van der Waals surface area contributed by atoms with Crippen molar-refractivity contribution in [2.75, 3.05) is 30.3 Å². The molecule has 0 spiro atoms. The van der Waals surface area contributed by atoms with Gasteiger partial charge in [-0.1, -0.05) is 6.42 Å². The first kappa shape index (κ1) is 16.2. The van der Waals surface area contributed by atoms with Gasteiger partial charge < -0.3 is 5.32 Å². The third kappa shape index (κ3) is 4.16. The van der Waals surface area contributed by atoms with Crippen molar-refractivity contribution < 1.29 is 16.8 Å². The van der Waals surface area contributed by atoms with E-state index in [9.17, 15) is 16.8 Å². The summed E-state index contributed by atoms with van der Waals surface area (Å²) in [5, 5.41) is 3.34. The summed E-state index contributed by atoms with van der Waals surface area (Å²) in [5.74, 6) is -0.0127. The molecule has 0 amide bonds. The zero-order valence-electron chi connectivity index (χ0n) is 11.9. The van der Waals surface area contributed by atoms with Gasteiger partial charge in [0.1, 0.15) is 0 Å². The first-order chi connectivity index (χ1) is 9.30. The molecule has 2 atom stereocenters. The van der Waals surface area contributed by atoms with Crippen LogP contribution >= 0.6 is 0 Å². The minimum absolute atomic E-state index is 0.0573. The maximum atomic E-state index is 12.4. The molecule has 2 aliphatic rings. The molecule has 0 bridgehead atoms. The van der Waals surface area contributed by atoms with Crippen molar-refractivity contribution in [1.29, 1.82) is 0 Å². The minimum atomic E-state index is -3.35. The molecule has 20 heavy (non-hydrogen) atoms. The summed E-state index contributed by atoms with van der Waals surface area (Å²) in [7, 11) is -6.43. The highest BCUT2D eigenvalue weighted by atomic mass is 32.2. The maximum absolute atomic E-state index is 12.4. The molecule has 118 valence electrons. The Labute approximate surface area is 121 Å². The average Bonchev–Trinajstić information content (AvgIpc) is 2.36. The number of rotatable bonds is 4. The van der Waals surface area contributed by atoms with E-state index in [4.69, 9.17) is 0 Å². The molecule has 2 heterocycles. The first-order valence-electron chi connectivity index (χ1n) is 7.23. The summed E-state index contributed by atoms with van der Waals surface area (Å²) in [4.78, 5) is 0. The van der Waals surface area contributed by atoms with Crippen LogP contribution in [0.4, 0.5) is 0 Å². The van der Waals surface area contributed by atoms with Gasteiger partial charge in [-0.25, -0.2) is 16.8 Å². The predicted octanol–water partition coefficient (Wildman–Crippen LogP) is -0.0327. The number of nitrogens with one attached hydrogen (secondary N) is 1. The van der Waals surface area contributed by atoms with E-state index < -0.39 is 25.9 Å². The van der Waals surface area contributed by atoms with Crippen LogP contribution in [0.2, 0.25) is 0 Å². The summed E-state index contributed by atoms with van der Waals surface area (Å²) in [6.45, 7) is 2.74. The maximum Gasteiger partial charge on any atom is 0.214 e. The Kier molecular flexibility index (Phi) is 5.09. The fourth-order valence-corrected chi connectivity index (χ4v) is 6.55. The van der Waals surface area contributed by atoms with E-state index >= 15 is 0 Å². The van der Waals surface area contributed by atoms with Gasteiger partial charge in [-0.2, -0.15) is 4.31 Å². The summed E-state index contributed by atoms with van der Waals surface area (Å²) in [5.41, 5.74) is 0. The van der Waals surface area contributed by atoms with Crippen LogP contribution in [-0.2, 0) is 19.9 Å². The first-order valence-corrected chi connectivity index (χ1v) is 10.7. The van der Waals surface area contributed by atoms with E-state index in [0.29, 0.717) is 6.42 Å². The summed E-state index contributed by atoms with van der Waals surface area (Å²) in [6, 6.07) is -0.166. The lowest BCUT2D eigenvalue weighted by Gasteiger charge is -2.33. The molecule has 0 aromatic heterocycles. The van der Waals surface area contributed by atoms with Crippen molar-refractivity contribution in [3.63, 3.8) is 0 Å². The number of sulfone groups is 1. The van der Waals surface area contributed by atoms with Gasteiger partial charge in [-0.3, -0.25) is 0 Å². The molecule has 2 rings (SSSR count). The van der Waals surface area contributed by atoms with Crippen molar-refractivity contribution >= 4 is 19.9 Å². The van der Waals surface area contributed by atoms with E-state index in [0.717, 1.165) is 25.8 Å². The smallest absolute Gasteiger partial charge is 0.214 e. The lowest BCUT2D eigenvalue weighted by atomic mass is 10.0. The largest absolute Gasteiger partial charge is 0.314 e. The van der Waals surface area contributed by atoms with E-state index in [1.807, 2.05) is 0 Å². The van der Waals surface area contributed by atoms with Crippen LogP contribution in [0.25, 0.3) is 0 Å². The molecule has 0 aromatic rings. The SMILES string of the molecule is CC1CS(=O)(=O)CCN1S(=O)(=O)CCC1CCCCN1. The third-order valence-electron chi connectivity index (χ3n) is 4.10. The molecule has 2 aliphatic heterocycles. The van der Waals surface area contributed by atoms with Gasteiger partial charge in [0.25, 0.3) is 0 Å². The molecular formula is C12H24N2O4S2. The molecule has 0 aromatic carbocycles. The zero-order chi connectivity index (χ0) is 14.8. The van der Waals surface area contributed by atoms with Crippen LogP contribution in [0, 0.1) is 0 Å². The van der Waals surface area contributed by atoms with E-state index in [1.165, 1.54) is 4.31 Å². The average molecular weight is 324 g/mol. The molecule has 2 saturated heterocycles. The lowest BCUT2D eigenvalue weighted by Crippen LogP contribution is -2.50. The molecule has 2 unspecified atom stereocenters. The van der Waals surface area contributed by atoms with Crippen LogP contribution in [0.3, 0.4) is 0 Å². The highest BCUT2D eigenvalue weighted by Gasteiger charge is 2.35. The van der Waals surface area contributed by atoms with Gasteiger partial charge in [0.15, 0.2) is 9.84 Å². The normalized spacial score (nSPS) is 32.0. The summed E-state index contributed by atoms with van der Waals surface area (Å²) < 4.78 is 49.1. The lowest BCUT2D eigenvalue weighted by molar-refractivity contribution is 0.350. The molecule has 2 fully saturated rings. The van der Waals surface area contributed by atoms with Gasteiger partial charge >= 0.3 is 0 Å². The van der Waals surface area contributed by atoms with Crippen molar-refractivity contribution in [3.05, 3.63) is 0 Å². The fourth-order valence-electron chi connectivity index (χ4n) is 2.98. The van der Waals surface area contributed by atoms with Gasteiger partial charge in [-0.15, -0.1) is 0 Å². The number of sulfonamides is 1. The van der Waals surface area contributed by atoms with Gasteiger partial charge in [-0.05, 0) is 32.7 Å².